The van der Waals surface area contributed by atoms with Crippen LogP contribution in [0.1, 0.15) is 23.7 Å². The molecule has 1 aromatic rings. The molecule has 0 aromatic carbocycles. The van der Waals surface area contributed by atoms with Gasteiger partial charge in [0.2, 0.25) is 0 Å². The summed E-state index contributed by atoms with van der Waals surface area (Å²) in [5.41, 5.74) is 4.49. The summed E-state index contributed by atoms with van der Waals surface area (Å²) in [5, 5.41) is 1.28. The van der Waals surface area contributed by atoms with Crippen molar-refractivity contribution in [1.82, 2.24) is 4.98 Å². The third kappa shape index (κ3) is 1.95. The number of halogens is 3. The van der Waals surface area contributed by atoms with Crippen molar-refractivity contribution in [2.75, 3.05) is 0 Å². The predicted molar refractivity (Wildman–Crippen MR) is 39.7 cm³/mol. The SMILES string of the molecule is CC(N)c1nc(C(F)(F)F)cs1. The van der Waals surface area contributed by atoms with Crippen LogP contribution in [0.3, 0.4) is 0 Å². The van der Waals surface area contributed by atoms with Gasteiger partial charge in [-0.05, 0) is 6.92 Å². The van der Waals surface area contributed by atoms with E-state index in [-0.39, 0.29) is 0 Å². The van der Waals surface area contributed by atoms with Crippen LogP contribution < -0.4 is 5.73 Å². The van der Waals surface area contributed by atoms with E-state index in [2.05, 4.69) is 4.98 Å². The first-order chi connectivity index (χ1) is 5.41. The number of aromatic nitrogens is 1. The van der Waals surface area contributed by atoms with Gasteiger partial charge in [-0.1, -0.05) is 0 Å². The van der Waals surface area contributed by atoms with Crippen molar-refractivity contribution >= 4 is 11.3 Å². The van der Waals surface area contributed by atoms with E-state index in [0.29, 0.717) is 5.01 Å². The van der Waals surface area contributed by atoms with Crippen molar-refractivity contribution in [3.8, 4) is 0 Å². The maximum absolute atomic E-state index is 12.0. The van der Waals surface area contributed by atoms with E-state index in [4.69, 9.17) is 5.73 Å². The average Bonchev–Trinajstić information content (AvgIpc) is 2.30. The fourth-order valence-electron chi connectivity index (χ4n) is 0.627. The number of hydrogen-bond donors (Lipinski definition) is 1. The van der Waals surface area contributed by atoms with Crippen molar-refractivity contribution in [3.05, 3.63) is 16.1 Å². The third-order valence-corrected chi connectivity index (χ3v) is 2.25. The van der Waals surface area contributed by atoms with E-state index in [9.17, 15) is 13.2 Å². The van der Waals surface area contributed by atoms with Crippen LogP contribution >= 0.6 is 11.3 Å². The van der Waals surface area contributed by atoms with Gasteiger partial charge in [0.1, 0.15) is 5.01 Å². The van der Waals surface area contributed by atoms with Gasteiger partial charge in [0.05, 0.1) is 6.04 Å². The highest BCUT2D eigenvalue weighted by atomic mass is 32.1. The van der Waals surface area contributed by atoms with Crippen molar-refractivity contribution in [3.63, 3.8) is 0 Å². The molecule has 0 fully saturated rings. The van der Waals surface area contributed by atoms with Gasteiger partial charge >= 0.3 is 6.18 Å². The van der Waals surface area contributed by atoms with Crippen LogP contribution in [0.2, 0.25) is 0 Å². The number of nitrogens with zero attached hydrogens (tertiary/aromatic N) is 1. The second kappa shape index (κ2) is 3.02. The molecule has 0 bridgehead atoms. The lowest BCUT2D eigenvalue weighted by Gasteiger charge is -2.01. The largest absolute Gasteiger partial charge is 0.434 e. The fourth-order valence-corrected chi connectivity index (χ4v) is 1.41. The van der Waals surface area contributed by atoms with E-state index in [0.717, 1.165) is 16.7 Å². The summed E-state index contributed by atoms with van der Waals surface area (Å²) in [7, 11) is 0. The first-order valence-corrected chi connectivity index (χ1v) is 4.07. The Hall–Kier alpha value is -0.620. The molecular formula is C6H7F3N2S. The Kier molecular flexibility index (Phi) is 2.39. The molecule has 1 atom stereocenters. The average molecular weight is 196 g/mol. The lowest BCUT2D eigenvalue weighted by atomic mass is 10.4. The summed E-state index contributed by atoms with van der Waals surface area (Å²) in [6.45, 7) is 1.60. The molecule has 1 aromatic heterocycles. The second-order valence-corrected chi connectivity index (χ2v) is 3.25. The molecule has 68 valence electrons. The van der Waals surface area contributed by atoms with Gasteiger partial charge in [0.25, 0.3) is 0 Å². The third-order valence-electron chi connectivity index (χ3n) is 1.20. The molecule has 2 nitrogen and oxygen atoms in total. The highest BCUT2D eigenvalue weighted by molar-refractivity contribution is 7.09. The van der Waals surface area contributed by atoms with Crippen LogP contribution in [-0.4, -0.2) is 4.98 Å². The van der Waals surface area contributed by atoms with E-state index >= 15 is 0 Å². The molecule has 1 heterocycles. The Morgan fingerprint density at radius 3 is 2.42 bits per heavy atom. The maximum Gasteiger partial charge on any atom is 0.434 e. The number of alkyl halides is 3. The minimum atomic E-state index is -4.36. The summed E-state index contributed by atoms with van der Waals surface area (Å²) >= 11 is 0.928. The summed E-state index contributed by atoms with van der Waals surface area (Å²) in [6.07, 6.45) is -4.36. The molecule has 0 saturated carbocycles. The molecule has 0 radical (unpaired) electrons. The molecule has 2 N–H and O–H groups in total. The number of thiazole rings is 1. The fraction of sp³-hybridized carbons (Fsp3) is 0.500. The van der Waals surface area contributed by atoms with Crippen molar-refractivity contribution < 1.29 is 13.2 Å². The molecule has 0 aliphatic rings. The van der Waals surface area contributed by atoms with Crippen LogP contribution in [0.4, 0.5) is 13.2 Å². The van der Waals surface area contributed by atoms with Gasteiger partial charge in [0.15, 0.2) is 5.69 Å². The first-order valence-electron chi connectivity index (χ1n) is 3.19. The maximum atomic E-state index is 12.0. The molecule has 12 heavy (non-hydrogen) atoms. The van der Waals surface area contributed by atoms with E-state index in [1.807, 2.05) is 0 Å². The van der Waals surface area contributed by atoms with Gasteiger partial charge < -0.3 is 5.73 Å². The topological polar surface area (TPSA) is 38.9 Å². The van der Waals surface area contributed by atoms with Gasteiger partial charge in [-0.15, -0.1) is 11.3 Å². The van der Waals surface area contributed by atoms with Gasteiger partial charge in [-0.25, -0.2) is 4.98 Å². The van der Waals surface area contributed by atoms with Crippen LogP contribution in [-0.2, 0) is 6.18 Å². The van der Waals surface area contributed by atoms with Crippen molar-refractivity contribution in [2.24, 2.45) is 5.73 Å². The highest BCUT2D eigenvalue weighted by Gasteiger charge is 2.33. The minimum Gasteiger partial charge on any atom is -0.322 e. The highest BCUT2D eigenvalue weighted by Crippen LogP contribution is 2.31. The summed E-state index contributed by atoms with van der Waals surface area (Å²) in [5.74, 6) is 0. The van der Waals surface area contributed by atoms with Crippen LogP contribution in [0, 0.1) is 0 Å². The van der Waals surface area contributed by atoms with Gasteiger partial charge in [-0.2, -0.15) is 13.2 Å². The summed E-state index contributed by atoms with van der Waals surface area (Å²) < 4.78 is 35.9. The van der Waals surface area contributed by atoms with Crippen molar-refractivity contribution in [1.29, 1.82) is 0 Å². The molecule has 0 amide bonds. The first kappa shape index (κ1) is 9.47. The van der Waals surface area contributed by atoms with Crippen LogP contribution in [0.5, 0.6) is 0 Å². The quantitative estimate of drug-likeness (QED) is 0.747. The van der Waals surface area contributed by atoms with Crippen LogP contribution in [0.15, 0.2) is 5.38 Å². The predicted octanol–water partition coefficient (Wildman–Crippen LogP) is 2.18. The Balaban J connectivity index is 2.92. The second-order valence-electron chi connectivity index (χ2n) is 2.36. The molecule has 0 spiro atoms. The number of rotatable bonds is 1. The molecule has 6 heteroatoms. The van der Waals surface area contributed by atoms with Crippen LogP contribution in [0.25, 0.3) is 0 Å². The Labute approximate surface area is 71.2 Å². The molecule has 1 rings (SSSR count). The lowest BCUT2D eigenvalue weighted by Crippen LogP contribution is -2.08. The zero-order valence-electron chi connectivity index (χ0n) is 6.22. The lowest BCUT2D eigenvalue weighted by molar-refractivity contribution is -0.140. The summed E-state index contributed by atoms with van der Waals surface area (Å²) in [4.78, 5) is 3.35. The smallest absolute Gasteiger partial charge is 0.322 e. The standard InChI is InChI=1S/C6H7F3N2S/c1-3(10)5-11-4(2-12-5)6(7,8)9/h2-3H,10H2,1H3. The van der Waals surface area contributed by atoms with Gasteiger partial charge in [0, 0.05) is 5.38 Å². The van der Waals surface area contributed by atoms with E-state index in [1.165, 1.54) is 0 Å². The van der Waals surface area contributed by atoms with Crippen molar-refractivity contribution in [2.45, 2.75) is 19.1 Å². The molecule has 0 aliphatic heterocycles. The Morgan fingerprint density at radius 2 is 2.17 bits per heavy atom. The zero-order chi connectivity index (χ0) is 9.35. The van der Waals surface area contributed by atoms with E-state index < -0.39 is 17.9 Å². The normalized spacial score (nSPS) is 14.8. The monoisotopic (exact) mass is 196 g/mol. The molecular weight excluding hydrogens is 189 g/mol. The molecule has 0 saturated heterocycles. The van der Waals surface area contributed by atoms with Gasteiger partial charge in [-0.3, -0.25) is 0 Å². The summed E-state index contributed by atoms with van der Waals surface area (Å²) in [6, 6.07) is -0.439. The number of hydrogen-bond acceptors (Lipinski definition) is 3. The minimum absolute atomic E-state index is 0.308. The zero-order valence-corrected chi connectivity index (χ0v) is 7.04. The molecule has 0 aliphatic carbocycles. The Morgan fingerprint density at radius 1 is 1.58 bits per heavy atom. The number of nitrogens with two attached hydrogens (primary N) is 1. The molecule has 1 unspecified atom stereocenters. The Bertz CT molecular complexity index is 266. The van der Waals surface area contributed by atoms with E-state index in [1.54, 1.807) is 6.92 Å².